The van der Waals surface area contributed by atoms with Gasteiger partial charge in [0.2, 0.25) is 5.91 Å². The van der Waals surface area contributed by atoms with E-state index in [1.807, 2.05) is 35.3 Å². The fourth-order valence-corrected chi connectivity index (χ4v) is 3.83. The fourth-order valence-electron chi connectivity index (χ4n) is 3.61. The number of piperazine rings is 1. The molecule has 2 aliphatic rings. The lowest BCUT2D eigenvalue weighted by molar-refractivity contribution is -0.151. The van der Waals surface area contributed by atoms with Crippen LogP contribution >= 0.6 is 11.6 Å². The largest absolute Gasteiger partial charge is 0.481 e. The van der Waals surface area contributed by atoms with Gasteiger partial charge in [0, 0.05) is 37.7 Å². The van der Waals surface area contributed by atoms with Crippen LogP contribution in [0.1, 0.15) is 18.4 Å². The van der Waals surface area contributed by atoms with Crippen molar-refractivity contribution in [2.45, 2.75) is 19.4 Å². The second-order valence-electron chi connectivity index (χ2n) is 6.73. The van der Waals surface area contributed by atoms with E-state index in [9.17, 15) is 14.7 Å². The summed E-state index contributed by atoms with van der Waals surface area (Å²) in [6, 6.07) is 7.82. The summed E-state index contributed by atoms with van der Waals surface area (Å²) in [4.78, 5) is 28.3. The van der Waals surface area contributed by atoms with Gasteiger partial charge in [0.1, 0.15) is 0 Å². The number of carboxylic acid groups (broad SMARTS) is 1. The van der Waals surface area contributed by atoms with Gasteiger partial charge in [-0.25, -0.2) is 0 Å². The van der Waals surface area contributed by atoms with Gasteiger partial charge in [-0.15, -0.1) is 0 Å². The molecule has 1 aromatic carbocycles. The molecule has 1 saturated heterocycles. The molecular weight excluding hydrogens is 340 g/mol. The Hall–Kier alpha value is -1.85. The van der Waals surface area contributed by atoms with Crippen LogP contribution in [0, 0.1) is 11.8 Å². The summed E-state index contributed by atoms with van der Waals surface area (Å²) in [7, 11) is 0. The van der Waals surface area contributed by atoms with Crippen LogP contribution in [-0.4, -0.2) is 53.0 Å². The van der Waals surface area contributed by atoms with Crippen LogP contribution in [0.5, 0.6) is 0 Å². The third-order valence-corrected chi connectivity index (χ3v) is 5.28. The van der Waals surface area contributed by atoms with E-state index in [1.165, 1.54) is 0 Å². The number of nitrogens with zero attached hydrogens (tertiary/aromatic N) is 2. The molecule has 0 unspecified atom stereocenters. The van der Waals surface area contributed by atoms with Crippen molar-refractivity contribution >= 4 is 23.5 Å². The molecule has 1 amide bonds. The van der Waals surface area contributed by atoms with Gasteiger partial charge in [0.15, 0.2) is 0 Å². The SMILES string of the molecule is O=C(O)[C@H]1CC=CC[C@H]1C(=O)N1CCN(Cc2cccc(Cl)c2)CC1. The molecule has 0 saturated carbocycles. The highest BCUT2D eigenvalue weighted by atomic mass is 35.5. The predicted octanol–water partition coefficient (Wildman–Crippen LogP) is 2.65. The molecule has 1 aliphatic heterocycles. The number of halogens is 1. The highest BCUT2D eigenvalue weighted by Gasteiger charge is 2.37. The average Bonchev–Trinajstić information content (AvgIpc) is 2.62. The Bertz CT molecular complexity index is 668. The van der Waals surface area contributed by atoms with Crippen molar-refractivity contribution in [1.29, 1.82) is 0 Å². The van der Waals surface area contributed by atoms with Crippen LogP contribution in [-0.2, 0) is 16.1 Å². The molecule has 1 aliphatic carbocycles. The molecule has 2 atom stereocenters. The average molecular weight is 363 g/mol. The number of aliphatic carboxylic acids is 1. The van der Waals surface area contributed by atoms with Crippen LogP contribution in [0.2, 0.25) is 5.02 Å². The lowest BCUT2D eigenvalue weighted by Gasteiger charge is -2.37. The molecule has 5 nitrogen and oxygen atoms in total. The van der Waals surface area contributed by atoms with Crippen molar-refractivity contribution in [3.8, 4) is 0 Å². The first-order chi connectivity index (χ1) is 12.0. The van der Waals surface area contributed by atoms with Crippen molar-refractivity contribution in [2.75, 3.05) is 26.2 Å². The first-order valence-corrected chi connectivity index (χ1v) is 9.06. The van der Waals surface area contributed by atoms with Gasteiger partial charge >= 0.3 is 5.97 Å². The molecular formula is C19H23ClN2O3. The second kappa shape index (κ2) is 8.02. The molecule has 0 bridgehead atoms. The Morgan fingerprint density at radius 1 is 1.08 bits per heavy atom. The molecule has 1 heterocycles. The van der Waals surface area contributed by atoms with Crippen LogP contribution in [0.4, 0.5) is 0 Å². The summed E-state index contributed by atoms with van der Waals surface area (Å²) >= 11 is 6.03. The zero-order chi connectivity index (χ0) is 17.8. The maximum Gasteiger partial charge on any atom is 0.307 e. The zero-order valence-corrected chi connectivity index (χ0v) is 14.9. The van der Waals surface area contributed by atoms with E-state index in [-0.39, 0.29) is 5.91 Å². The van der Waals surface area contributed by atoms with Crippen molar-refractivity contribution in [1.82, 2.24) is 9.80 Å². The van der Waals surface area contributed by atoms with E-state index >= 15 is 0 Å². The fraction of sp³-hybridized carbons (Fsp3) is 0.474. The number of rotatable bonds is 4. The van der Waals surface area contributed by atoms with E-state index in [1.54, 1.807) is 0 Å². The van der Waals surface area contributed by atoms with Crippen LogP contribution < -0.4 is 0 Å². The third-order valence-electron chi connectivity index (χ3n) is 5.05. The predicted molar refractivity (Wildman–Crippen MR) is 96.3 cm³/mol. The smallest absolute Gasteiger partial charge is 0.307 e. The summed E-state index contributed by atoms with van der Waals surface area (Å²) in [5, 5.41) is 10.1. The molecule has 0 spiro atoms. The normalized spacial score (nSPS) is 24.3. The lowest BCUT2D eigenvalue weighted by Crippen LogP contribution is -2.51. The van der Waals surface area contributed by atoms with E-state index in [4.69, 9.17) is 11.6 Å². The Morgan fingerprint density at radius 2 is 1.76 bits per heavy atom. The van der Waals surface area contributed by atoms with Gasteiger partial charge < -0.3 is 10.0 Å². The summed E-state index contributed by atoms with van der Waals surface area (Å²) in [6.07, 6.45) is 4.77. The van der Waals surface area contributed by atoms with Gasteiger partial charge in [-0.1, -0.05) is 35.9 Å². The molecule has 0 aromatic heterocycles. The lowest BCUT2D eigenvalue weighted by atomic mass is 9.82. The number of hydrogen-bond donors (Lipinski definition) is 1. The molecule has 134 valence electrons. The van der Waals surface area contributed by atoms with E-state index in [2.05, 4.69) is 11.0 Å². The topological polar surface area (TPSA) is 60.9 Å². The number of carboxylic acids is 1. The quantitative estimate of drug-likeness (QED) is 0.836. The van der Waals surface area contributed by atoms with Crippen molar-refractivity contribution in [2.24, 2.45) is 11.8 Å². The monoisotopic (exact) mass is 362 g/mol. The van der Waals surface area contributed by atoms with Crippen molar-refractivity contribution < 1.29 is 14.7 Å². The maximum atomic E-state index is 12.8. The van der Waals surface area contributed by atoms with Crippen molar-refractivity contribution in [3.05, 3.63) is 47.0 Å². The Morgan fingerprint density at radius 3 is 2.40 bits per heavy atom. The van der Waals surface area contributed by atoms with Crippen molar-refractivity contribution in [3.63, 3.8) is 0 Å². The molecule has 1 aromatic rings. The summed E-state index contributed by atoms with van der Waals surface area (Å²) in [6.45, 7) is 3.68. The van der Waals surface area contributed by atoms with E-state index in [0.717, 1.165) is 30.2 Å². The highest BCUT2D eigenvalue weighted by molar-refractivity contribution is 6.30. The molecule has 0 radical (unpaired) electrons. The van der Waals surface area contributed by atoms with Gasteiger partial charge in [-0.05, 0) is 30.5 Å². The highest BCUT2D eigenvalue weighted by Crippen LogP contribution is 2.28. The first-order valence-electron chi connectivity index (χ1n) is 8.68. The van der Waals surface area contributed by atoms with Crippen LogP contribution in [0.3, 0.4) is 0 Å². The van der Waals surface area contributed by atoms with Gasteiger partial charge in [0.25, 0.3) is 0 Å². The molecule has 1 N–H and O–H groups in total. The molecule has 6 heteroatoms. The second-order valence-corrected chi connectivity index (χ2v) is 7.16. The number of amides is 1. The minimum atomic E-state index is -0.873. The molecule has 25 heavy (non-hydrogen) atoms. The molecule has 1 fully saturated rings. The summed E-state index contributed by atoms with van der Waals surface area (Å²) in [5.41, 5.74) is 1.16. The molecule has 3 rings (SSSR count). The summed E-state index contributed by atoms with van der Waals surface area (Å²) in [5.74, 6) is -1.91. The standard InChI is InChI=1S/C19H23ClN2O3/c20-15-5-3-4-14(12-15)13-21-8-10-22(11-9-21)18(23)16-6-1-2-7-17(16)19(24)25/h1-5,12,16-17H,6-11,13H2,(H,24,25)/t16-,17+/m1/s1. The number of benzene rings is 1. The number of carbonyl (C=O) groups is 2. The van der Waals surface area contributed by atoms with Gasteiger partial charge in [0.05, 0.1) is 11.8 Å². The van der Waals surface area contributed by atoms with Crippen LogP contribution in [0.15, 0.2) is 36.4 Å². The number of hydrogen-bond acceptors (Lipinski definition) is 3. The first kappa shape index (κ1) is 18.0. The Labute approximate surface area is 152 Å². The van der Waals surface area contributed by atoms with Crippen LogP contribution in [0.25, 0.3) is 0 Å². The van der Waals surface area contributed by atoms with E-state index in [0.29, 0.717) is 25.9 Å². The van der Waals surface area contributed by atoms with Gasteiger partial charge in [-0.2, -0.15) is 0 Å². The maximum absolute atomic E-state index is 12.8. The minimum Gasteiger partial charge on any atom is -0.481 e. The minimum absolute atomic E-state index is 0.0147. The zero-order valence-electron chi connectivity index (χ0n) is 14.1. The Kier molecular flexibility index (Phi) is 5.76. The Balaban J connectivity index is 1.55. The summed E-state index contributed by atoms with van der Waals surface area (Å²) < 4.78 is 0. The number of carbonyl (C=O) groups excluding carboxylic acids is 1. The van der Waals surface area contributed by atoms with Gasteiger partial charge in [-0.3, -0.25) is 14.5 Å². The van der Waals surface area contributed by atoms with E-state index < -0.39 is 17.8 Å². The number of allylic oxidation sites excluding steroid dienone is 2. The third kappa shape index (κ3) is 4.41.